The smallest absolute Gasteiger partial charge is 0.330 e. The van der Waals surface area contributed by atoms with E-state index in [0.717, 1.165) is 12.8 Å². The number of hydrogen-bond acceptors (Lipinski definition) is 1. The molecule has 0 aliphatic heterocycles. The van der Waals surface area contributed by atoms with E-state index in [2.05, 4.69) is 6.92 Å². The van der Waals surface area contributed by atoms with E-state index in [1.165, 1.54) is 141 Å². The molecule has 2 nitrogen and oxygen atoms in total. The maximum Gasteiger partial charge on any atom is 0.330 e. The van der Waals surface area contributed by atoms with Gasteiger partial charge in [-0.2, -0.15) is 0 Å². The third-order valence-electron chi connectivity index (χ3n) is 6.60. The van der Waals surface area contributed by atoms with E-state index in [4.69, 9.17) is 5.11 Å². The highest BCUT2D eigenvalue weighted by atomic mass is 16.4. The lowest BCUT2D eigenvalue weighted by Gasteiger charge is -2.04. The van der Waals surface area contributed by atoms with E-state index in [-0.39, 0.29) is 0 Å². The summed E-state index contributed by atoms with van der Waals surface area (Å²) in [4.78, 5) is 10.7. The second-order valence-corrected chi connectivity index (χ2v) is 9.76. The van der Waals surface area contributed by atoms with Crippen molar-refractivity contribution in [1.82, 2.24) is 0 Å². The molecule has 31 heavy (non-hydrogen) atoms. The molecule has 0 atom stereocenters. The number of carboxylic acid groups (broad SMARTS) is 1. The van der Waals surface area contributed by atoms with Crippen molar-refractivity contribution in [2.75, 3.05) is 0 Å². The molecule has 0 heterocycles. The van der Waals surface area contributed by atoms with Crippen LogP contribution in [0, 0.1) is 0 Å². The summed E-state index contributed by atoms with van der Waals surface area (Å²) in [6.07, 6.45) is 35.2. The summed E-state index contributed by atoms with van der Waals surface area (Å²) < 4.78 is 0. The van der Waals surface area contributed by atoms with E-state index in [9.17, 15) is 4.79 Å². The highest BCUT2D eigenvalue weighted by molar-refractivity contribution is 5.85. The summed E-state index contributed by atoms with van der Waals surface area (Å²) in [6, 6.07) is 0. The largest absolute Gasteiger partial charge is 0.478 e. The molecule has 0 aliphatic rings. The minimum Gasteiger partial charge on any atom is -0.478 e. The second-order valence-electron chi connectivity index (χ2n) is 9.76. The van der Waals surface area contributed by atoms with Gasteiger partial charge in [-0.15, -0.1) is 0 Å². The Labute approximate surface area is 195 Å². The Morgan fingerprint density at radius 1 is 0.516 bits per heavy atom. The van der Waals surface area contributed by atoms with Crippen molar-refractivity contribution in [2.45, 2.75) is 168 Å². The van der Waals surface area contributed by atoms with Crippen LogP contribution in [0.3, 0.4) is 0 Å². The Kier molecular flexibility index (Phi) is 24.8. The van der Waals surface area contributed by atoms with Gasteiger partial charge in [0.15, 0.2) is 0 Å². The molecule has 0 bridgehead atoms. The van der Waals surface area contributed by atoms with Gasteiger partial charge in [-0.05, 0) is 19.8 Å². The molecule has 2 heteroatoms. The van der Waals surface area contributed by atoms with Crippen LogP contribution in [0.1, 0.15) is 168 Å². The lowest BCUT2D eigenvalue weighted by molar-refractivity contribution is -0.132. The molecule has 0 unspecified atom stereocenters. The molecular weight excluding hydrogens is 380 g/mol. The van der Waals surface area contributed by atoms with Gasteiger partial charge in [-0.1, -0.05) is 154 Å². The zero-order chi connectivity index (χ0) is 22.8. The van der Waals surface area contributed by atoms with Gasteiger partial charge in [0.05, 0.1) is 0 Å². The van der Waals surface area contributed by atoms with E-state index < -0.39 is 5.97 Å². The van der Waals surface area contributed by atoms with Crippen LogP contribution in [0.15, 0.2) is 11.6 Å². The quantitative estimate of drug-likeness (QED) is 0.114. The Hall–Kier alpha value is -0.790. The standard InChI is InChI=1S/C29H56O2/c1-3-4-5-6-7-8-9-10-11-12-13-14-15-16-17-18-19-20-21-22-23-24-25-26-27-28(2)29(30)31/h27H,3-26H2,1-2H3,(H,30,31). The maximum absolute atomic E-state index is 10.7. The molecule has 0 saturated heterocycles. The lowest BCUT2D eigenvalue weighted by Crippen LogP contribution is -1.95. The van der Waals surface area contributed by atoms with Gasteiger partial charge in [-0.25, -0.2) is 4.79 Å². The fourth-order valence-corrected chi connectivity index (χ4v) is 4.34. The predicted molar refractivity (Wildman–Crippen MR) is 138 cm³/mol. The topological polar surface area (TPSA) is 37.3 Å². The summed E-state index contributed by atoms with van der Waals surface area (Å²) >= 11 is 0. The van der Waals surface area contributed by atoms with Crippen LogP contribution in [0.4, 0.5) is 0 Å². The minimum atomic E-state index is -0.783. The monoisotopic (exact) mass is 436 g/mol. The van der Waals surface area contributed by atoms with Crippen LogP contribution in [0.2, 0.25) is 0 Å². The number of allylic oxidation sites excluding steroid dienone is 1. The minimum absolute atomic E-state index is 0.485. The molecular formula is C29H56O2. The highest BCUT2D eigenvalue weighted by Gasteiger charge is 1.98. The van der Waals surface area contributed by atoms with E-state index in [1.54, 1.807) is 6.92 Å². The molecule has 1 N–H and O–H groups in total. The molecule has 0 aromatic heterocycles. The summed E-state index contributed by atoms with van der Waals surface area (Å²) in [5.74, 6) is -0.783. The Morgan fingerprint density at radius 2 is 0.774 bits per heavy atom. The van der Waals surface area contributed by atoms with Crippen molar-refractivity contribution in [1.29, 1.82) is 0 Å². The molecule has 0 spiro atoms. The molecule has 0 saturated carbocycles. The van der Waals surface area contributed by atoms with Gasteiger partial charge < -0.3 is 5.11 Å². The molecule has 0 aliphatic carbocycles. The van der Waals surface area contributed by atoms with E-state index >= 15 is 0 Å². The Bertz CT molecular complexity index is 400. The molecule has 0 rings (SSSR count). The number of unbranched alkanes of at least 4 members (excludes halogenated alkanes) is 23. The van der Waals surface area contributed by atoms with Crippen molar-refractivity contribution in [2.24, 2.45) is 0 Å². The maximum atomic E-state index is 10.7. The van der Waals surface area contributed by atoms with Crippen LogP contribution in [0.5, 0.6) is 0 Å². The highest BCUT2D eigenvalue weighted by Crippen LogP contribution is 2.15. The number of aliphatic carboxylic acids is 1. The van der Waals surface area contributed by atoms with Crippen LogP contribution < -0.4 is 0 Å². The normalized spacial score (nSPS) is 11.9. The number of rotatable bonds is 25. The first-order chi connectivity index (χ1) is 15.2. The first-order valence-electron chi connectivity index (χ1n) is 14.1. The average Bonchev–Trinajstić information content (AvgIpc) is 2.76. The van der Waals surface area contributed by atoms with E-state index in [0.29, 0.717) is 5.57 Å². The third-order valence-corrected chi connectivity index (χ3v) is 6.60. The molecule has 0 fully saturated rings. The zero-order valence-electron chi connectivity index (χ0n) is 21.4. The van der Waals surface area contributed by atoms with Gasteiger partial charge in [0, 0.05) is 5.57 Å². The second kappa shape index (κ2) is 25.5. The molecule has 0 aromatic rings. The summed E-state index contributed by atoms with van der Waals surface area (Å²) in [6.45, 7) is 3.97. The lowest BCUT2D eigenvalue weighted by atomic mass is 10.0. The molecule has 184 valence electrons. The number of carboxylic acids is 1. The zero-order valence-corrected chi connectivity index (χ0v) is 21.4. The fourth-order valence-electron chi connectivity index (χ4n) is 4.34. The van der Waals surface area contributed by atoms with Gasteiger partial charge in [0.2, 0.25) is 0 Å². The van der Waals surface area contributed by atoms with Crippen molar-refractivity contribution in [3.8, 4) is 0 Å². The molecule has 0 amide bonds. The predicted octanol–water partition coefficient (Wildman–Crippen LogP) is 10.4. The first-order valence-corrected chi connectivity index (χ1v) is 14.1. The Balaban J connectivity index is 3.08. The summed E-state index contributed by atoms with van der Waals surface area (Å²) in [5.41, 5.74) is 0.485. The number of carbonyl (C=O) groups is 1. The van der Waals surface area contributed by atoms with Crippen molar-refractivity contribution >= 4 is 5.97 Å². The van der Waals surface area contributed by atoms with Gasteiger partial charge in [-0.3, -0.25) is 0 Å². The third kappa shape index (κ3) is 25.3. The number of hydrogen-bond donors (Lipinski definition) is 1. The fraction of sp³-hybridized carbons (Fsp3) is 0.897. The average molecular weight is 437 g/mol. The van der Waals surface area contributed by atoms with Crippen molar-refractivity contribution < 1.29 is 9.90 Å². The van der Waals surface area contributed by atoms with Crippen LogP contribution in [0.25, 0.3) is 0 Å². The van der Waals surface area contributed by atoms with Crippen molar-refractivity contribution in [3.63, 3.8) is 0 Å². The molecule has 0 radical (unpaired) electrons. The van der Waals surface area contributed by atoms with E-state index in [1.807, 2.05) is 6.08 Å². The Morgan fingerprint density at radius 3 is 1.03 bits per heavy atom. The van der Waals surface area contributed by atoms with Crippen LogP contribution >= 0.6 is 0 Å². The van der Waals surface area contributed by atoms with Gasteiger partial charge in [0.1, 0.15) is 0 Å². The van der Waals surface area contributed by atoms with Gasteiger partial charge >= 0.3 is 5.97 Å². The first kappa shape index (κ1) is 30.2. The SMILES string of the molecule is CCCCCCCCCCCCCCCCCCCCCCCCCC=C(C)C(=O)O. The summed E-state index contributed by atoms with van der Waals surface area (Å²) in [5, 5.41) is 8.80. The van der Waals surface area contributed by atoms with Gasteiger partial charge in [0.25, 0.3) is 0 Å². The summed E-state index contributed by atoms with van der Waals surface area (Å²) in [7, 11) is 0. The van der Waals surface area contributed by atoms with Crippen LogP contribution in [-0.4, -0.2) is 11.1 Å². The van der Waals surface area contributed by atoms with Crippen molar-refractivity contribution in [3.05, 3.63) is 11.6 Å². The molecule has 0 aromatic carbocycles. The van der Waals surface area contributed by atoms with Crippen LogP contribution in [-0.2, 0) is 4.79 Å².